The molecule has 0 saturated carbocycles. The molecule has 1 saturated heterocycles. The van der Waals surface area contributed by atoms with Crippen LogP contribution < -0.4 is 5.73 Å². The average Bonchev–Trinajstić information content (AvgIpc) is 2.64. The molecule has 0 aromatic heterocycles. The molecule has 1 aliphatic heterocycles. The number of halogens is 1. The third-order valence-corrected chi connectivity index (χ3v) is 4.24. The first-order valence-corrected chi connectivity index (χ1v) is 6.43. The molecule has 1 aromatic rings. The summed E-state index contributed by atoms with van der Waals surface area (Å²) < 4.78 is 6.27. The van der Waals surface area contributed by atoms with Gasteiger partial charge in [0.15, 0.2) is 0 Å². The zero-order valence-corrected chi connectivity index (χ0v) is 11.4. The Morgan fingerprint density at radius 2 is 2.29 bits per heavy atom. The molecule has 17 heavy (non-hydrogen) atoms. The van der Waals surface area contributed by atoms with Gasteiger partial charge in [-0.25, -0.2) is 0 Å². The van der Waals surface area contributed by atoms with Crippen molar-refractivity contribution in [2.45, 2.75) is 19.4 Å². The molecule has 2 rings (SSSR count). The summed E-state index contributed by atoms with van der Waals surface area (Å²) in [4.78, 5) is 12.3. The van der Waals surface area contributed by atoms with Crippen molar-refractivity contribution in [3.8, 4) is 0 Å². The number of ketones is 1. The topological polar surface area (TPSA) is 52.3 Å². The fraction of sp³-hybridized carbons (Fsp3) is 0.462. The van der Waals surface area contributed by atoms with Crippen LogP contribution in [0.1, 0.15) is 12.5 Å². The first-order chi connectivity index (χ1) is 8.04. The quantitative estimate of drug-likeness (QED) is 0.927. The van der Waals surface area contributed by atoms with Gasteiger partial charge in [0.1, 0.15) is 5.78 Å². The summed E-state index contributed by atoms with van der Waals surface area (Å²) in [5, 5.41) is 0. The van der Waals surface area contributed by atoms with Crippen molar-refractivity contribution < 1.29 is 9.53 Å². The zero-order valence-electron chi connectivity index (χ0n) is 9.78. The summed E-state index contributed by atoms with van der Waals surface area (Å²) >= 11 is 3.45. The minimum Gasteiger partial charge on any atom is -0.379 e. The molecule has 3 nitrogen and oxygen atoms in total. The van der Waals surface area contributed by atoms with E-state index in [1.54, 1.807) is 0 Å². The number of hydrogen-bond donors (Lipinski definition) is 1. The third-order valence-electron chi connectivity index (χ3n) is 3.46. The van der Waals surface area contributed by atoms with Crippen molar-refractivity contribution in [1.82, 2.24) is 0 Å². The van der Waals surface area contributed by atoms with Crippen LogP contribution in [0.5, 0.6) is 0 Å². The van der Waals surface area contributed by atoms with E-state index < -0.39 is 5.41 Å². The predicted molar refractivity (Wildman–Crippen MR) is 69.8 cm³/mol. The molecule has 92 valence electrons. The zero-order chi connectivity index (χ0) is 12.5. The third kappa shape index (κ3) is 2.44. The Morgan fingerprint density at radius 1 is 1.59 bits per heavy atom. The highest BCUT2D eigenvalue weighted by atomic mass is 79.9. The van der Waals surface area contributed by atoms with E-state index in [1.165, 1.54) is 0 Å². The van der Waals surface area contributed by atoms with Crippen molar-refractivity contribution in [2.75, 3.05) is 13.2 Å². The molecular weight excluding hydrogens is 282 g/mol. The van der Waals surface area contributed by atoms with Gasteiger partial charge in [-0.3, -0.25) is 4.79 Å². The lowest BCUT2D eigenvalue weighted by Crippen LogP contribution is -2.45. The highest BCUT2D eigenvalue weighted by Crippen LogP contribution is 2.30. The number of Topliss-reactive ketones (excluding diaryl/α,β-unsaturated/α-hetero) is 1. The van der Waals surface area contributed by atoms with Crippen LogP contribution in [-0.4, -0.2) is 25.0 Å². The molecule has 2 unspecified atom stereocenters. The van der Waals surface area contributed by atoms with Crippen LogP contribution in [0.2, 0.25) is 0 Å². The molecule has 1 fully saturated rings. The van der Waals surface area contributed by atoms with Gasteiger partial charge in [0.25, 0.3) is 0 Å². The number of hydrogen-bond acceptors (Lipinski definition) is 3. The van der Waals surface area contributed by atoms with Gasteiger partial charge in [0, 0.05) is 16.9 Å². The molecule has 0 amide bonds. The van der Waals surface area contributed by atoms with E-state index in [2.05, 4.69) is 15.9 Å². The van der Waals surface area contributed by atoms with Crippen LogP contribution in [0.3, 0.4) is 0 Å². The Hall–Kier alpha value is -0.710. The van der Waals surface area contributed by atoms with E-state index in [4.69, 9.17) is 10.5 Å². The maximum Gasteiger partial charge on any atom is 0.147 e. The average molecular weight is 298 g/mol. The Morgan fingerprint density at radius 3 is 2.88 bits per heavy atom. The normalized spacial score (nSPS) is 28.3. The molecule has 1 aromatic carbocycles. The molecule has 0 aliphatic carbocycles. The van der Waals surface area contributed by atoms with Crippen molar-refractivity contribution in [3.63, 3.8) is 0 Å². The van der Waals surface area contributed by atoms with Gasteiger partial charge in [0.2, 0.25) is 0 Å². The van der Waals surface area contributed by atoms with Crippen molar-refractivity contribution in [1.29, 1.82) is 0 Å². The molecule has 2 N–H and O–H groups in total. The van der Waals surface area contributed by atoms with Crippen LogP contribution in [0.15, 0.2) is 28.7 Å². The summed E-state index contributed by atoms with van der Waals surface area (Å²) in [5.41, 5.74) is 6.40. The van der Waals surface area contributed by atoms with E-state index in [-0.39, 0.29) is 11.8 Å². The number of nitrogens with two attached hydrogens (primary N) is 1. The summed E-state index contributed by atoms with van der Waals surface area (Å²) in [6, 6.07) is 7.56. The molecule has 2 atom stereocenters. The van der Waals surface area contributed by atoms with Gasteiger partial charge in [-0.1, -0.05) is 34.1 Å². The second-order valence-electron chi connectivity index (χ2n) is 4.73. The maximum atomic E-state index is 12.3. The summed E-state index contributed by atoms with van der Waals surface area (Å²) in [6.45, 7) is 2.79. The molecule has 1 heterocycles. The number of ether oxygens (including phenoxy) is 1. The lowest BCUT2D eigenvalue weighted by molar-refractivity contribution is -0.127. The van der Waals surface area contributed by atoms with Crippen LogP contribution in [0, 0.1) is 5.41 Å². The van der Waals surface area contributed by atoms with Gasteiger partial charge < -0.3 is 10.5 Å². The predicted octanol–water partition coefficient (Wildman–Crippen LogP) is 1.92. The van der Waals surface area contributed by atoms with Crippen LogP contribution in [-0.2, 0) is 16.0 Å². The fourth-order valence-electron chi connectivity index (χ4n) is 1.99. The van der Waals surface area contributed by atoms with Crippen molar-refractivity contribution in [3.05, 3.63) is 34.3 Å². The molecular formula is C13H16BrNO2. The van der Waals surface area contributed by atoms with Crippen LogP contribution in [0.4, 0.5) is 0 Å². The van der Waals surface area contributed by atoms with Gasteiger partial charge in [0.05, 0.1) is 18.6 Å². The molecule has 4 heteroatoms. The lowest BCUT2D eigenvalue weighted by Gasteiger charge is -2.25. The van der Waals surface area contributed by atoms with Gasteiger partial charge >= 0.3 is 0 Å². The van der Waals surface area contributed by atoms with Crippen LogP contribution in [0.25, 0.3) is 0 Å². The maximum absolute atomic E-state index is 12.3. The molecule has 0 bridgehead atoms. The largest absolute Gasteiger partial charge is 0.379 e. The summed E-state index contributed by atoms with van der Waals surface area (Å²) in [5.74, 6) is 0.148. The Bertz CT molecular complexity index is 435. The van der Waals surface area contributed by atoms with E-state index in [0.29, 0.717) is 19.6 Å². The highest BCUT2D eigenvalue weighted by Gasteiger charge is 2.43. The van der Waals surface area contributed by atoms with Gasteiger partial charge in [-0.2, -0.15) is 0 Å². The highest BCUT2D eigenvalue weighted by molar-refractivity contribution is 9.10. The smallest absolute Gasteiger partial charge is 0.147 e. The molecule has 1 aliphatic rings. The van der Waals surface area contributed by atoms with Crippen LogP contribution >= 0.6 is 15.9 Å². The van der Waals surface area contributed by atoms with E-state index in [9.17, 15) is 4.79 Å². The SMILES string of the molecule is CC1(C(=O)Cc2ccccc2Br)COCC1N. The van der Waals surface area contributed by atoms with E-state index in [1.807, 2.05) is 31.2 Å². The lowest BCUT2D eigenvalue weighted by atomic mass is 9.79. The minimum absolute atomic E-state index is 0.148. The number of carbonyl (C=O) groups is 1. The van der Waals surface area contributed by atoms with Gasteiger partial charge in [-0.05, 0) is 18.6 Å². The number of benzene rings is 1. The van der Waals surface area contributed by atoms with E-state index >= 15 is 0 Å². The Labute approximate surface area is 109 Å². The van der Waals surface area contributed by atoms with Crippen molar-refractivity contribution in [2.24, 2.45) is 11.1 Å². The number of rotatable bonds is 3. The van der Waals surface area contributed by atoms with Gasteiger partial charge in [-0.15, -0.1) is 0 Å². The molecule has 0 spiro atoms. The summed E-state index contributed by atoms with van der Waals surface area (Å²) in [7, 11) is 0. The molecule has 0 radical (unpaired) electrons. The Balaban J connectivity index is 2.15. The minimum atomic E-state index is -0.546. The van der Waals surface area contributed by atoms with Crippen molar-refractivity contribution >= 4 is 21.7 Å². The second-order valence-corrected chi connectivity index (χ2v) is 5.58. The first-order valence-electron chi connectivity index (χ1n) is 5.64. The number of carbonyl (C=O) groups excluding carboxylic acids is 1. The first kappa shape index (κ1) is 12.7. The van der Waals surface area contributed by atoms with E-state index in [0.717, 1.165) is 10.0 Å². The Kier molecular flexibility index (Phi) is 3.66. The summed E-state index contributed by atoms with van der Waals surface area (Å²) in [6.07, 6.45) is 0.398. The fourth-order valence-corrected chi connectivity index (χ4v) is 2.42. The monoisotopic (exact) mass is 297 g/mol. The second kappa shape index (κ2) is 4.88. The standard InChI is InChI=1S/C13H16BrNO2/c1-13(8-17-7-11(13)15)12(16)6-9-4-2-3-5-10(9)14/h2-5,11H,6-8,15H2,1H3.